The van der Waals surface area contributed by atoms with E-state index in [-0.39, 0.29) is 12.1 Å². The van der Waals surface area contributed by atoms with Crippen LogP contribution in [0.25, 0.3) is 0 Å². The number of benzene rings is 1. The van der Waals surface area contributed by atoms with Gasteiger partial charge in [0.2, 0.25) is 0 Å². The zero-order valence-electron chi connectivity index (χ0n) is 11.2. The van der Waals surface area contributed by atoms with E-state index >= 15 is 0 Å². The number of aliphatic hydroxyl groups is 1. The molecule has 1 aromatic rings. The zero-order chi connectivity index (χ0) is 13.8. The van der Waals surface area contributed by atoms with Crippen molar-refractivity contribution in [1.82, 2.24) is 0 Å². The van der Waals surface area contributed by atoms with E-state index in [2.05, 4.69) is 0 Å². The van der Waals surface area contributed by atoms with E-state index in [1.807, 2.05) is 37.3 Å². The van der Waals surface area contributed by atoms with Crippen molar-refractivity contribution in [2.24, 2.45) is 5.73 Å². The van der Waals surface area contributed by atoms with Gasteiger partial charge in [-0.3, -0.25) is 0 Å². The summed E-state index contributed by atoms with van der Waals surface area (Å²) in [5, 5.41) is 9.84. The van der Waals surface area contributed by atoms with E-state index in [9.17, 15) is 5.11 Å². The lowest BCUT2D eigenvalue weighted by Crippen LogP contribution is -2.61. The van der Waals surface area contributed by atoms with Crippen LogP contribution in [-0.2, 0) is 20.8 Å². The van der Waals surface area contributed by atoms with Gasteiger partial charge in [-0.15, -0.1) is 0 Å². The van der Waals surface area contributed by atoms with Crippen molar-refractivity contribution in [2.45, 2.75) is 44.2 Å². The maximum Gasteiger partial charge on any atom is 0.184 e. The van der Waals surface area contributed by atoms with E-state index in [0.717, 1.165) is 5.56 Å². The largest absolute Gasteiger partial charge is 0.373 e. The molecule has 0 unspecified atom stereocenters. The van der Waals surface area contributed by atoms with Gasteiger partial charge in [-0.2, -0.15) is 0 Å². The number of rotatable bonds is 4. The van der Waals surface area contributed by atoms with Crippen LogP contribution in [0.15, 0.2) is 30.3 Å². The van der Waals surface area contributed by atoms with E-state index in [1.165, 1.54) is 7.11 Å². The maximum absolute atomic E-state index is 9.84. The molecule has 1 aliphatic rings. The van der Waals surface area contributed by atoms with Gasteiger partial charge in [0.05, 0.1) is 18.8 Å². The zero-order valence-corrected chi connectivity index (χ0v) is 11.2. The van der Waals surface area contributed by atoms with Crippen LogP contribution in [0.1, 0.15) is 12.5 Å². The third kappa shape index (κ3) is 3.32. The van der Waals surface area contributed by atoms with E-state index in [4.69, 9.17) is 19.9 Å². The SMILES string of the molecule is CO[C@@H]1[C@@H](OCc2ccccc2)[C@H](N)[C@@H](C)O[C@@H]1O. The summed E-state index contributed by atoms with van der Waals surface area (Å²) >= 11 is 0. The summed E-state index contributed by atoms with van der Waals surface area (Å²) in [6.45, 7) is 2.25. The topological polar surface area (TPSA) is 73.9 Å². The predicted molar refractivity (Wildman–Crippen MR) is 70.3 cm³/mol. The van der Waals surface area contributed by atoms with E-state index in [0.29, 0.717) is 6.61 Å². The fourth-order valence-corrected chi connectivity index (χ4v) is 2.26. The van der Waals surface area contributed by atoms with Crippen molar-refractivity contribution in [3.8, 4) is 0 Å². The summed E-state index contributed by atoms with van der Waals surface area (Å²) in [5.74, 6) is 0. The Balaban J connectivity index is 2.02. The second-order valence-electron chi connectivity index (χ2n) is 4.77. The molecule has 106 valence electrons. The molecule has 1 saturated heterocycles. The van der Waals surface area contributed by atoms with Crippen LogP contribution in [-0.4, -0.2) is 42.9 Å². The van der Waals surface area contributed by atoms with Crippen LogP contribution in [0.3, 0.4) is 0 Å². The minimum absolute atomic E-state index is 0.276. The van der Waals surface area contributed by atoms with Gasteiger partial charge in [-0.1, -0.05) is 30.3 Å². The van der Waals surface area contributed by atoms with Crippen LogP contribution in [0.5, 0.6) is 0 Å². The first-order chi connectivity index (χ1) is 9.13. The van der Waals surface area contributed by atoms with Gasteiger partial charge in [0.25, 0.3) is 0 Å². The molecule has 0 amide bonds. The van der Waals surface area contributed by atoms with Crippen LogP contribution < -0.4 is 5.73 Å². The molecule has 0 radical (unpaired) electrons. The summed E-state index contributed by atoms with van der Waals surface area (Å²) < 4.78 is 16.4. The second-order valence-corrected chi connectivity index (χ2v) is 4.77. The summed E-state index contributed by atoms with van der Waals surface area (Å²) in [5.41, 5.74) is 7.13. The molecule has 1 aliphatic heterocycles. The summed E-state index contributed by atoms with van der Waals surface area (Å²) in [7, 11) is 1.51. The Morgan fingerprint density at radius 2 is 1.95 bits per heavy atom. The van der Waals surface area contributed by atoms with Crippen molar-refractivity contribution in [1.29, 1.82) is 0 Å². The molecule has 0 aromatic heterocycles. The minimum Gasteiger partial charge on any atom is -0.373 e. The molecule has 5 nitrogen and oxygen atoms in total. The van der Waals surface area contributed by atoms with Crippen molar-refractivity contribution < 1.29 is 19.3 Å². The highest BCUT2D eigenvalue weighted by Gasteiger charge is 2.43. The Morgan fingerprint density at radius 3 is 2.58 bits per heavy atom. The number of hydrogen-bond donors (Lipinski definition) is 2. The molecule has 1 fully saturated rings. The molecule has 5 heteroatoms. The lowest BCUT2D eigenvalue weighted by Gasteiger charge is -2.41. The van der Waals surface area contributed by atoms with Crippen LogP contribution >= 0.6 is 0 Å². The molecule has 1 heterocycles. The normalized spacial score (nSPS) is 35.3. The minimum atomic E-state index is -1.01. The first kappa shape index (κ1) is 14.4. The van der Waals surface area contributed by atoms with Crippen LogP contribution in [0.4, 0.5) is 0 Å². The highest BCUT2D eigenvalue weighted by molar-refractivity contribution is 5.13. The molecule has 3 N–H and O–H groups in total. The quantitative estimate of drug-likeness (QED) is 0.838. The smallest absolute Gasteiger partial charge is 0.184 e. The Kier molecular flexibility index (Phi) is 4.90. The van der Waals surface area contributed by atoms with Gasteiger partial charge < -0.3 is 25.1 Å². The highest BCUT2D eigenvalue weighted by atomic mass is 16.7. The fraction of sp³-hybridized carbons (Fsp3) is 0.571. The van der Waals surface area contributed by atoms with E-state index < -0.39 is 18.5 Å². The first-order valence-electron chi connectivity index (χ1n) is 6.41. The van der Waals surface area contributed by atoms with Crippen molar-refractivity contribution >= 4 is 0 Å². The summed E-state index contributed by atoms with van der Waals surface area (Å²) in [6.07, 6.45) is -2.26. The Bertz CT molecular complexity index is 386. The molecule has 0 saturated carbocycles. The van der Waals surface area contributed by atoms with Gasteiger partial charge in [0.1, 0.15) is 12.2 Å². The highest BCUT2D eigenvalue weighted by Crippen LogP contribution is 2.23. The third-order valence-electron chi connectivity index (χ3n) is 3.44. The molecule has 2 rings (SSSR count). The standard InChI is InChI=1S/C14H21NO4/c1-9-11(15)12(13(17-2)14(16)19-9)18-8-10-6-4-3-5-7-10/h3-7,9,11-14,16H,8,15H2,1-2H3/t9-,11-,12+,13-,14+/m1/s1. The lowest BCUT2D eigenvalue weighted by atomic mass is 9.97. The van der Waals surface area contributed by atoms with Gasteiger partial charge in [-0.25, -0.2) is 0 Å². The van der Waals surface area contributed by atoms with Gasteiger partial charge in [-0.05, 0) is 12.5 Å². The lowest BCUT2D eigenvalue weighted by molar-refractivity contribution is -0.266. The predicted octanol–water partition coefficient (Wildman–Crippen LogP) is 0.651. The molecular formula is C14H21NO4. The van der Waals surface area contributed by atoms with Crippen molar-refractivity contribution in [2.75, 3.05) is 7.11 Å². The number of nitrogens with two attached hydrogens (primary N) is 1. The number of ether oxygens (including phenoxy) is 3. The van der Waals surface area contributed by atoms with Crippen molar-refractivity contribution in [3.63, 3.8) is 0 Å². The number of methoxy groups -OCH3 is 1. The van der Waals surface area contributed by atoms with Gasteiger partial charge in [0, 0.05) is 7.11 Å². The van der Waals surface area contributed by atoms with Crippen molar-refractivity contribution in [3.05, 3.63) is 35.9 Å². The Hall–Kier alpha value is -0.980. The average molecular weight is 267 g/mol. The molecule has 0 aliphatic carbocycles. The maximum atomic E-state index is 9.84. The number of aliphatic hydroxyl groups excluding tert-OH is 1. The molecule has 0 spiro atoms. The fourth-order valence-electron chi connectivity index (χ4n) is 2.26. The summed E-state index contributed by atoms with van der Waals surface area (Å²) in [4.78, 5) is 0. The Labute approximate surface area is 113 Å². The average Bonchev–Trinajstić information content (AvgIpc) is 2.42. The van der Waals surface area contributed by atoms with Crippen LogP contribution in [0, 0.1) is 0 Å². The van der Waals surface area contributed by atoms with Gasteiger partial charge in [0.15, 0.2) is 6.29 Å². The molecule has 1 aromatic carbocycles. The monoisotopic (exact) mass is 267 g/mol. The van der Waals surface area contributed by atoms with E-state index in [1.54, 1.807) is 0 Å². The Morgan fingerprint density at radius 1 is 1.26 bits per heavy atom. The summed E-state index contributed by atoms with van der Waals surface area (Å²) in [6, 6.07) is 9.48. The second kappa shape index (κ2) is 6.45. The third-order valence-corrected chi connectivity index (χ3v) is 3.44. The molecule has 5 atom stereocenters. The molecule has 0 bridgehead atoms. The molecular weight excluding hydrogens is 246 g/mol. The van der Waals surface area contributed by atoms with Gasteiger partial charge >= 0.3 is 0 Å². The number of hydrogen-bond acceptors (Lipinski definition) is 5. The molecule has 19 heavy (non-hydrogen) atoms. The first-order valence-corrected chi connectivity index (χ1v) is 6.41. The van der Waals surface area contributed by atoms with Crippen LogP contribution in [0.2, 0.25) is 0 Å².